The molecule has 2 fully saturated rings. The minimum atomic E-state index is -0.493. The first-order valence-electron chi connectivity index (χ1n) is 11.3. The van der Waals surface area contributed by atoms with Gasteiger partial charge in [0.1, 0.15) is 5.82 Å². The number of nitro benzene ring substituents is 1. The Balaban J connectivity index is 1.41. The van der Waals surface area contributed by atoms with Gasteiger partial charge in [0.2, 0.25) is 5.91 Å². The van der Waals surface area contributed by atoms with Gasteiger partial charge in [0.15, 0.2) is 0 Å². The highest BCUT2D eigenvalue weighted by Crippen LogP contribution is 2.32. The van der Waals surface area contributed by atoms with E-state index in [2.05, 4.69) is 10.2 Å². The third-order valence-corrected chi connectivity index (χ3v) is 6.55. The molecule has 1 saturated heterocycles. The number of amides is 2. The van der Waals surface area contributed by atoms with Crippen molar-refractivity contribution < 1.29 is 18.9 Å². The van der Waals surface area contributed by atoms with Crippen molar-refractivity contribution in [2.75, 3.05) is 31.5 Å². The third kappa shape index (κ3) is 5.36. The Bertz CT molecular complexity index is 998. The lowest BCUT2D eigenvalue weighted by Crippen LogP contribution is -2.56. The second kappa shape index (κ2) is 10.1. The Hall–Kier alpha value is -3.33. The van der Waals surface area contributed by atoms with Crippen LogP contribution in [0.4, 0.5) is 15.8 Å². The number of nitrogens with zero attached hydrogens (tertiary/aromatic N) is 3. The zero-order chi connectivity index (χ0) is 23.4. The monoisotopic (exact) mass is 454 g/mol. The molecule has 4 rings (SSSR count). The summed E-state index contributed by atoms with van der Waals surface area (Å²) in [5, 5.41) is 13.8. The quantitative estimate of drug-likeness (QED) is 0.531. The molecule has 0 aromatic heterocycles. The second-order valence-electron chi connectivity index (χ2n) is 8.62. The van der Waals surface area contributed by atoms with Crippen molar-refractivity contribution in [2.24, 2.45) is 5.92 Å². The Labute approximate surface area is 191 Å². The average molecular weight is 455 g/mol. The highest BCUT2D eigenvalue weighted by atomic mass is 19.1. The predicted octanol–water partition coefficient (Wildman–Crippen LogP) is 3.69. The summed E-state index contributed by atoms with van der Waals surface area (Å²) >= 11 is 0. The SMILES string of the molecule is O=C(Nc1ccc(F)cc1)C(C1CCCC1)N1CCN(C(=O)c2ccc([N+](=O)[O-])cc2)CC1. The van der Waals surface area contributed by atoms with Crippen molar-refractivity contribution in [2.45, 2.75) is 31.7 Å². The van der Waals surface area contributed by atoms with Gasteiger partial charge < -0.3 is 10.2 Å². The van der Waals surface area contributed by atoms with E-state index in [1.807, 2.05) is 0 Å². The van der Waals surface area contributed by atoms with Crippen LogP contribution in [-0.4, -0.2) is 58.8 Å². The summed E-state index contributed by atoms with van der Waals surface area (Å²) < 4.78 is 13.2. The van der Waals surface area contributed by atoms with Crippen molar-refractivity contribution >= 4 is 23.2 Å². The molecule has 2 amide bonds. The van der Waals surface area contributed by atoms with E-state index in [9.17, 15) is 24.1 Å². The van der Waals surface area contributed by atoms with Gasteiger partial charge in [-0.3, -0.25) is 24.6 Å². The largest absolute Gasteiger partial charge is 0.336 e. The lowest BCUT2D eigenvalue weighted by molar-refractivity contribution is -0.384. The summed E-state index contributed by atoms with van der Waals surface area (Å²) in [7, 11) is 0. The predicted molar refractivity (Wildman–Crippen MR) is 121 cm³/mol. The summed E-state index contributed by atoms with van der Waals surface area (Å²) in [5.41, 5.74) is 0.926. The topological polar surface area (TPSA) is 95.8 Å². The van der Waals surface area contributed by atoms with E-state index in [1.54, 1.807) is 17.0 Å². The zero-order valence-electron chi connectivity index (χ0n) is 18.3. The minimum Gasteiger partial charge on any atom is -0.336 e. The van der Waals surface area contributed by atoms with E-state index in [0.29, 0.717) is 37.4 Å². The van der Waals surface area contributed by atoms with Gasteiger partial charge in [0.25, 0.3) is 11.6 Å². The van der Waals surface area contributed by atoms with Crippen LogP contribution in [0.2, 0.25) is 0 Å². The molecule has 1 N–H and O–H groups in total. The summed E-state index contributed by atoms with van der Waals surface area (Å²) in [6, 6.07) is 11.1. The van der Waals surface area contributed by atoms with Gasteiger partial charge in [-0.1, -0.05) is 12.8 Å². The number of nitrogens with one attached hydrogen (secondary N) is 1. The van der Waals surface area contributed by atoms with Gasteiger partial charge in [0, 0.05) is 49.6 Å². The first-order valence-corrected chi connectivity index (χ1v) is 11.3. The number of hydrogen-bond donors (Lipinski definition) is 1. The molecule has 2 aromatic carbocycles. The van der Waals surface area contributed by atoms with Crippen LogP contribution in [0, 0.1) is 21.8 Å². The van der Waals surface area contributed by atoms with E-state index in [0.717, 1.165) is 25.7 Å². The maximum Gasteiger partial charge on any atom is 0.269 e. The maximum atomic E-state index is 13.2. The molecule has 1 heterocycles. The first-order chi connectivity index (χ1) is 15.9. The average Bonchev–Trinajstić information content (AvgIpc) is 3.35. The Kier molecular flexibility index (Phi) is 6.98. The number of benzene rings is 2. The van der Waals surface area contributed by atoms with Crippen LogP contribution in [-0.2, 0) is 4.79 Å². The van der Waals surface area contributed by atoms with E-state index in [-0.39, 0.29) is 35.3 Å². The fraction of sp³-hybridized carbons (Fsp3) is 0.417. The third-order valence-electron chi connectivity index (χ3n) is 6.55. The zero-order valence-corrected chi connectivity index (χ0v) is 18.3. The molecule has 1 aliphatic heterocycles. The molecule has 8 nitrogen and oxygen atoms in total. The number of hydrogen-bond acceptors (Lipinski definition) is 5. The minimum absolute atomic E-state index is 0.0528. The van der Waals surface area contributed by atoms with Crippen LogP contribution >= 0.6 is 0 Å². The van der Waals surface area contributed by atoms with E-state index in [1.165, 1.54) is 36.4 Å². The van der Waals surface area contributed by atoms with Crippen molar-refractivity contribution in [1.29, 1.82) is 0 Å². The highest BCUT2D eigenvalue weighted by molar-refractivity contribution is 5.95. The number of non-ortho nitro benzene ring substituents is 1. The van der Waals surface area contributed by atoms with Crippen LogP contribution < -0.4 is 5.32 Å². The Morgan fingerprint density at radius 3 is 2.15 bits per heavy atom. The molecule has 0 radical (unpaired) electrons. The fourth-order valence-electron chi connectivity index (χ4n) is 4.81. The molecule has 2 aliphatic rings. The van der Waals surface area contributed by atoms with Gasteiger partial charge in [-0.25, -0.2) is 4.39 Å². The molecule has 33 heavy (non-hydrogen) atoms. The number of piperazine rings is 1. The van der Waals surface area contributed by atoms with Crippen molar-refractivity contribution in [3.63, 3.8) is 0 Å². The van der Waals surface area contributed by atoms with Gasteiger partial charge in [-0.15, -0.1) is 0 Å². The fourth-order valence-corrected chi connectivity index (χ4v) is 4.81. The number of nitro groups is 1. The Morgan fingerprint density at radius 1 is 0.970 bits per heavy atom. The number of halogens is 1. The smallest absolute Gasteiger partial charge is 0.269 e. The molecule has 2 aromatic rings. The van der Waals surface area contributed by atoms with Gasteiger partial charge >= 0.3 is 0 Å². The number of rotatable bonds is 6. The van der Waals surface area contributed by atoms with Crippen LogP contribution in [0.3, 0.4) is 0 Å². The van der Waals surface area contributed by atoms with Crippen LogP contribution in [0.1, 0.15) is 36.0 Å². The first kappa shape index (κ1) is 22.8. The molecule has 1 aliphatic carbocycles. The standard InChI is InChI=1S/C24H27FN4O4/c25-19-7-9-20(10-8-19)26-23(30)22(17-3-1-2-4-17)27-13-15-28(16-14-27)24(31)18-5-11-21(12-6-18)29(32)33/h5-12,17,22H,1-4,13-16H2,(H,26,30). The Morgan fingerprint density at radius 2 is 1.58 bits per heavy atom. The van der Waals surface area contributed by atoms with E-state index >= 15 is 0 Å². The lowest BCUT2D eigenvalue weighted by Gasteiger charge is -2.40. The summed E-state index contributed by atoms with van der Waals surface area (Å²) in [4.78, 5) is 40.3. The molecule has 1 unspecified atom stereocenters. The van der Waals surface area contributed by atoms with Gasteiger partial charge in [-0.05, 0) is 55.2 Å². The molecule has 174 valence electrons. The molecule has 0 bridgehead atoms. The number of anilines is 1. The molecule has 1 atom stereocenters. The lowest BCUT2D eigenvalue weighted by atomic mass is 9.94. The van der Waals surface area contributed by atoms with Crippen molar-refractivity contribution in [1.82, 2.24) is 9.80 Å². The van der Waals surface area contributed by atoms with Gasteiger partial charge in [-0.2, -0.15) is 0 Å². The molecular weight excluding hydrogens is 427 g/mol. The molecule has 1 saturated carbocycles. The highest BCUT2D eigenvalue weighted by Gasteiger charge is 2.37. The number of carbonyl (C=O) groups excluding carboxylic acids is 2. The van der Waals surface area contributed by atoms with E-state index in [4.69, 9.17) is 0 Å². The van der Waals surface area contributed by atoms with Crippen LogP contribution in [0.15, 0.2) is 48.5 Å². The normalized spacial score (nSPS) is 18.2. The van der Waals surface area contributed by atoms with E-state index < -0.39 is 4.92 Å². The molecule has 9 heteroatoms. The van der Waals surface area contributed by atoms with Crippen LogP contribution in [0.25, 0.3) is 0 Å². The second-order valence-corrected chi connectivity index (χ2v) is 8.62. The summed E-state index contributed by atoms with van der Waals surface area (Å²) in [6.07, 6.45) is 4.18. The molecular formula is C24H27FN4O4. The van der Waals surface area contributed by atoms with Gasteiger partial charge in [0.05, 0.1) is 11.0 Å². The summed E-state index contributed by atoms with van der Waals surface area (Å²) in [6.45, 7) is 2.08. The summed E-state index contributed by atoms with van der Waals surface area (Å²) in [5.74, 6) is -0.363. The van der Waals surface area contributed by atoms with Crippen LogP contribution in [0.5, 0.6) is 0 Å². The van der Waals surface area contributed by atoms with Crippen molar-refractivity contribution in [3.8, 4) is 0 Å². The van der Waals surface area contributed by atoms with Crippen molar-refractivity contribution in [3.05, 3.63) is 70.0 Å². The number of carbonyl (C=O) groups is 2. The molecule has 0 spiro atoms. The maximum absolute atomic E-state index is 13.2.